The Labute approximate surface area is 333 Å². The van der Waals surface area contributed by atoms with Crippen molar-refractivity contribution in [3.05, 3.63) is 92.5 Å². The Morgan fingerprint density at radius 3 is 1.09 bits per heavy atom. The third kappa shape index (κ3) is 11.2. The first-order valence-corrected chi connectivity index (χ1v) is 19.1. The third-order valence-corrected chi connectivity index (χ3v) is 9.48. The summed E-state index contributed by atoms with van der Waals surface area (Å²) < 4.78 is 108. The van der Waals surface area contributed by atoms with Crippen molar-refractivity contribution in [1.82, 2.24) is 0 Å². The van der Waals surface area contributed by atoms with Crippen molar-refractivity contribution >= 4 is 5.97 Å². The number of hydrogen-bond acceptors (Lipinski definition) is 14. The molecule has 6 rings (SSSR count). The van der Waals surface area contributed by atoms with Crippen molar-refractivity contribution in [1.29, 1.82) is 0 Å². The molecule has 3 aliphatic rings. The van der Waals surface area contributed by atoms with Crippen LogP contribution in [-0.2, 0) is 90.3 Å². The Balaban J connectivity index is 1.58. The second kappa shape index (κ2) is 21.4. The third-order valence-electron chi connectivity index (χ3n) is 9.48. The number of alkyl halides is 3. The predicted molar refractivity (Wildman–Crippen MR) is 196 cm³/mol. The number of rotatable bonds is 2. The molecule has 14 nitrogen and oxygen atoms in total. The molecule has 0 radical (unpaired) electrons. The molecule has 3 aromatic carbocycles. The minimum atomic E-state index is -4.81. The lowest BCUT2D eigenvalue weighted by molar-refractivity contribution is -0.137. The topological polar surface area (TPSA) is 159 Å². The van der Waals surface area contributed by atoms with Crippen LogP contribution in [0.2, 0.25) is 0 Å². The number of carbonyl (C=O) groups is 1. The van der Waals surface area contributed by atoms with Crippen molar-refractivity contribution < 1.29 is 80.3 Å². The van der Waals surface area contributed by atoms with Crippen molar-refractivity contribution in [2.24, 2.45) is 0 Å². The van der Waals surface area contributed by atoms with Crippen LogP contribution >= 0.6 is 0 Å². The van der Waals surface area contributed by atoms with Crippen LogP contribution < -0.4 is 0 Å². The summed E-state index contributed by atoms with van der Waals surface area (Å²) in [5.74, 6) is -1.29. The number of fused-ring (bicyclic) bond motifs is 5. The summed E-state index contributed by atoms with van der Waals surface area (Å²) in [5, 5.41) is 22.3. The molecule has 3 aromatic rings. The minimum absolute atomic E-state index is 0.0965. The molecule has 3 aliphatic heterocycles. The summed E-state index contributed by atoms with van der Waals surface area (Å²) >= 11 is 0. The molecule has 2 N–H and O–H groups in total. The maximum absolute atomic E-state index is 14.6. The SMILES string of the molecule is O=C1OC(c2c3cc(O)cc2COCCOCCOCCOCCOC3)(c2c3cc(O)cc2COCCOCCOCCOCCOC3)c2cc(C(F)(F)F)ccc21. The van der Waals surface area contributed by atoms with Crippen molar-refractivity contribution in [2.45, 2.75) is 38.2 Å². The summed E-state index contributed by atoms with van der Waals surface area (Å²) in [7, 11) is 0. The molecule has 4 bridgehead atoms. The highest BCUT2D eigenvalue weighted by Gasteiger charge is 2.54. The number of cyclic esters (lactones) is 1. The fourth-order valence-electron chi connectivity index (χ4n) is 7.08. The summed E-state index contributed by atoms with van der Waals surface area (Å²) in [6.45, 7) is 2.91. The molecule has 0 atom stereocenters. The number of benzene rings is 3. The number of phenols is 2. The molecule has 3 heterocycles. The Morgan fingerprint density at radius 2 is 0.776 bits per heavy atom. The van der Waals surface area contributed by atoms with Crippen LogP contribution in [0.3, 0.4) is 0 Å². The lowest BCUT2D eigenvalue weighted by Gasteiger charge is -2.37. The quantitative estimate of drug-likeness (QED) is 0.341. The van der Waals surface area contributed by atoms with Crippen LogP contribution in [0, 0.1) is 0 Å². The largest absolute Gasteiger partial charge is 0.508 e. The van der Waals surface area contributed by atoms with Crippen LogP contribution in [0.5, 0.6) is 11.5 Å². The van der Waals surface area contributed by atoms with Gasteiger partial charge in [0.2, 0.25) is 0 Å². The van der Waals surface area contributed by atoms with Gasteiger partial charge in [-0.25, -0.2) is 4.79 Å². The summed E-state index contributed by atoms with van der Waals surface area (Å²) in [4.78, 5) is 14.2. The van der Waals surface area contributed by atoms with Crippen LogP contribution in [0.25, 0.3) is 0 Å². The predicted octanol–water partition coefficient (Wildman–Crippen LogP) is 4.77. The molecule has 0 fully saturated rings. The highest BCUT2D eigenvalue weighted by molar-refractivity contribution is 5.97. The Morgan fingerprint density at radius 1 is 0.466 bits per heavy atom. The minimum Gasteiger partial charge on any atom is -0.508 e. The van der Waals surface area contributed by atoms with E-state index in [-0.39, 0.29) is 135 Å². The first-order chi connectivity index (χ1) is 28.2. The average molecular weight is 823 g/mol. The Hall–Kier alpha value is -3.88. The number of ether oxygens (including phenoxy) is 11. The number of halogens is 3. The van der Waals surface area contributed by atoms with Gasteiger partial charge in [0.15, 0.2) is 5.60 Å². The standard InChI is InChI=1S/C41H49F3O14/c42-41(43,44)32-1-2-35-36(23-32)40(58-39(35)47,37-28-19-33(45)20-29(37)25-55-16-12-51-8-4-48-3-7-50-11-15-54-24-28)38-30-21-34(46)22-31(38)27-57-18-14-53-10-6-49-5-9-52-13-17-56-26-30/h1-2,19-23,45-46H,3-18,24-27H2. The van der Waals surface area contributed by atoms with Gasteiger partial charge in [-0.3, -0.25) is 0 Å². The van der Waals surface area contributed by atoms with E-state index in [1.165, 1.54) is 24.3 Å². The molecule has 0 saturated carbocycles. The highest BCUT2D eigenvalue weighted by atomic mass is 19.4. The van der Waals surface area contributed by atoms with E-state index in [2.05, 4.69) is 0 Å². The monoisotopic (exact) mass is 822 g/mol. The van der Waals surface area contributed by atoms with Gasteiger partial charge in [0.05, 0.1) is 143 Å². The van der Waals surface area contributed by atoms with Gasteiger partial charge in [0, 0.05) is 16.7 Å². The van der Waals surface area contributed by atoms with E-state index in [1.54, 1.807) is 0 Å². The van der Waals surface area contributed by atoms with Gasteiger partial charge in [-0.1, -0.05) is 0 Å². The molecule has 0 spiro atoms. The fourth-order valence-corrected chi connectivity index (χ4v) is 7.08. The number of hydrogen-bond donors (Lipinski definition) is 2. The number of carbonyl (C=O) groups excluding carboxylic acids is 1. The molecule has 318 valence electrons. The number of phenolic OH excluding ortho intramolecular Hbond substituents is 2. The maximum Gasteiger partial charge on any atom is 0.416 e. The molecule has 0 amide bonds. The Bertz CT molecular complexity index is 1640. The van der Waals surface area contributed by atoms with Crippen LogP contribution in [0.4, 0.5) is 13.2 Å². The second-order valence-electron chi connectivity index (χ2n) is 13.5. The summed E-state index contributed by atoms with van der Waals surface area (Å²) in [5.41, 5.74) is -1.95. The van der Waals surface area contributed by atoms with Crippen LogP contribution in [0.1, 0.15) is 54.9 Å². The normalized spacial score (nSPS) is 20.4. The molecule has 0 aliphatic carbocycles. The molecular formula is C41H49F3O14. The van der Waals surface area contributed by atoms with Crippen LogP contribution in [-0.4, -0.2) is 122 Å². The zero-order chi connectivity index (χ0) is 40.8. The van der Waals surface area contributed by atoms with Crippen molar-refractivity contribution in [2.75, 3.05) is 106 Å². The van der Waals surface area contributed by atoms with E-state index in [4.69, 9.17) is 52.1 Å². The van der Waals surface area contributed by atoms with E-state index in [9.17, 15) is 28.2 Å². The zero-order valence-corrected chi connectivity index (χ0v) is 32.1. The average Bonchev–Trinajstić information content (AvgIpc) is 3.47. The van der Waals surface area contributed by atoms with Gasteiger partial charge in [-0.15, -0.1) is 0 Å². The van der Waals surface area contributed by atoms with Gasteiger partial charge >= 0.3 is 12.1 Å². The smallest absolute Gasteiger partial charge is 0.416 e. The molecular weight excluding hydrogens is 773 g/mol. The molecule has 0 unspecified atom stereocenters. The van der Waals surface area contributed by atoms with Crippen molar-refractivity contribution in [3.63, 3.8) is 0 Å². The maximum atomic E-state index is 14.6. The molecule has 0 aromatic heterocycles. The molecule has 17 heteroatoms. The number of aromatic hydroxyl groups is 2. The van der Waals surface area contributed by atoms with Crippen LogP contribution in [0.15, 0.2) is 42.5 Å². The first kappa shape index (κ1) is 43.7. The van der Waals surface area contributed by atoms with Gasteiger partial charge in [0.25, 0.3) is 0 Å². The van der Waals surface area contributed by atoms with Crippen molar-refractivity contribution in [3.8, 4) is 11.5 Å². The molecule has 0 saturated heterocycles. The van der Waals surface area contributed by atoms with E-state index >= 15 is 0 Å². The Kier molecular flexibility index (Phi) is 16.1. The highest BCUT2D eigenvalue weighted by Crippen LogP contribution is 2.54. The van der Waals surface area contributed by atoms with E-state index in [0.717, 1.165) is 18.2 Å². The molecule has 58 heavy (non-hydrogen) atoms. The van der Waals surface area contributed by atoms with Gasteiger partial charge in [0.1, 0.15) is 11.5 Å². The summed E-state index contributed by atoms with van der Waals surface area (Å²) in [6, 6.07) is 8.45. The lowest BCUT2D eigenvalue weighted by atomic mass is 9.72. The van der Waals surface area contributed by atoms with E-state index < -0.39 is 23.3 Å². The zero-order valence-electron chi connectivity index (χ0n) is 32.1. The number of esters is 1. The van der Waals surface area contributed by atoms with Gasteiger partial charge in [-0.2, -0.15) is 13.2 Å². The van der Waals surface area contributed by atoms with Gasteiger partial charge in [-0.05, 0) is 64.7 Å². The summed E-state index contributed by atoms with van der Waals surface area (Å²) in [6.07, 6.45) is -4.81. The second-order valence-corrected chi connectivity index (χ2v) is 13.5. The van der Waals surface area contributed by atoms with E-state index in [1.807, 2.05) is 0 Å². The fraction of sp³-hybridized carbons (Fsp3) is 0.537. The van der Waals surface area contributed by atoms with E-state index in [0.29, 0.717) is 52.9 Å². The first-order valence-electron chi connectivity index (χ1n) is 19.1. The lowest BCUT2D eigenvalue weighted by Crippen LogP contribution is -2.35. The van der Waals surface area contributed by atoms with Gasteiger partial charge < -0.3 is 62.3 Å².